The van der Waals surface area contributed by atoms with E-state index in [9.17, 15) is 13.2 Å². The lowest BCUT2D eigenvalue weighted by Crippen LogP contribution is -2.23. The third kappa shape index (κ3) is 6.84. The third-order valence-electron chi connectivity index (χ3n) is 6.07. The minimum Gasteiger partial charge on any atom is -0.493 e. The molecule has 3 aromatic rings. The molecule has 0 radical (unpaired) electrons. The van der Waals surface area contributed by atoms with Crippen molar-refractivity contribution in [1.82, 2.24) is 9.78 Å². The summed E-state index contributed by atoms with van der Waals surface area (Å²) in [5, 5.41) is 8.19. The maximum absolute atomic E-state index is 12.8. The van der Waals surface area contributed by atoms with E-state index in [4.69, 9.17) is 21.1 Å². The molecule has 37 heavy (non-hydrogen) atoms. The van der Waals surface area contributed by atoms with Gasteiger partial charge in [0, 0.05) is 16.7 Å². The number of rotatable bonds is 9. The van der Waals surface area contributed by atoms with Crippen LogP contribution < -0.4 is 14.8 Å². The summed E-state index contributed by atoms with van der Waals surface area (Å²) in [5.74, 6) is 1.85. The van der Waals surface area contributed by atoms with Gasteiger partial charge < -0.3 is 14.8 Å². The average molecular weight is 546 g/mol. The minimum absolute atomic E-state index is 0.0151. The molecule has 1 amide bonds. The Morgan fingerprint density at radius 3 is 2.38 bits per heavy atom. The summed E-state index contributed by atoms with van der Waals surface area (Å²) in [7, 11) is -3.15. The van der Waals surface area contributed by atoms with E-state index in [-0.39, 0.29) is 30.1 Å². The molecule has 1 aliphatic heterocycles. The van der Waals surface area contributed by atoms with Crippen LogP contribution in [0, 0.1) is 19.8 Å². The predicted octanol–water partition coefficient (Wildman–Crippen LogP) is 5.23. The second-order valence-electron chi connectivity index (χ2n) is 9.85. The van der Waals surface area contributed by atoms with Crippen LogP contribution in [0.25, 0.3) is 11.3 Å². The van der Waals surface area contributed by atoms with Gasteiger partial charge >= 0.3 is 0 Å². The van der Waals surface area contributed by atoms with Crippen molar-refractivity contribution in [3.05, 3.63) is 58.6 Å². The smallest absolute Gasteiger partial charge is 0.263 e. The fourth-order valence-electron chi connectivity index (χ4n) is 4.18. The van der Waals surface area contributed by atoms with Crippen molar-refractivity contribution < 1.29 is 22.7 Å². The number of carbonyl (C=O) groups is 1. The summed E-state index contributed by atoms with van der Waals surface area (Å²) in [6, 6.07) is 12.5. The molecule has 0 spiro atoms. The van der Waals surface area contributed by atoms with Crippen LogP contribution in [0.2, 0.25) is 5.02 Å². The molecular weight excluding hydrogens is 514 g/mol. The Kier molecular flexibility index (Phi) is 8.14. The zero-order chi connectivity index (χ0) is 26.7. The van der Waals surface area contributed by atoms with Gasteiger partial charge in [-0.1, -0.05) is 25.4 Å². The number of aromatic nitrogens is 2. The summed E-state index contributed by atoms with van der Waals surface area (Å²) >= 11 is 6.21. The molecule has 1 saturated heterocycles. The number of carbonyl (C=O) groups excluding carboxylic acids is 1. The Balaban J connectivity index is 1.52. The maximum Gasteiger partial charge on any atom is 0.263 e. The number of aryl methyl sites for hydroxylation is 2. The van der Waals surface area contributed by atoms with Gasteiger partial charge in [0.1, 0.15) is 17.3 Å². The first-order chi connectivity index (χ1) is 17.5. The van der Waals surface area contributed by atoms with Crippen LogP contribution in [0.4, 0.5) is 5.82 Å². The topological polar surface area (TPSA) is 99.5 Å². The number of anilines is 1. The lowest BCUT2D eigenvalue weighted by atomic mass is 10.1. The van der Waals surface area contributed by atoms with E-state index in [1.165, 1.54) is 0 Å². The van der Waals surface area contributed by atoms with Gasteiger partial charge in [0.15, 0.2) is 16.4 Å². The largest absolute Gasteiger partial charge is 0.493 e. The van der Waals surface area contributed by atoms with Crippen molar-refractivity contribution in [2.45, 2.75) is 40.2 Å². The zero-order valence-corrected chi connectivity index (χ0v) is 23.0. The second-order valence-corrected chi connectivity index (χ2v) is 12.5. The Hall–Kier alpha value is -3.04. The summed E-state index contributed by atoms with van der Waals surface area (Å²) in [4.78, 5) is 12.8. The molecule has 0 unspecified atom stereocenters. The fourth-order valence-corrected chi connectivity index (χ4v) is 5.98. The zero-order valence-electron chi connectivity index (χ0n) is 21.5. The number of benzene rings is 2. The van der Waals surface area contributed by atoms with E-state index in [0.717, 1.165) is 22.4 Å². The van der Waals surface area contributed by atoms with E-state index in [1.54, 1.807) is 22.9 Å². The number of hydrogen-bond acceptors (Lipinski definition) is 6. The highest BCUT2D eigenvalue weighted by molar-refractivity contribution is 7.91. The van der Waals surface area contributed by atoms with E-state index in [2.05, 4.69) is 24.3 Å². The van der Waals surface area contributed by atoms with E-state index in [0.29, 0.717) is 41.2 Å². The van der Waals surface area contributed by atoms with Crippen molar-refractivity contribution in [2.75, 3.05) is 30.0 Å². The highest BCUT2D eigenvalue weighted by atomic mass is 35.5. The van der Waals surface area contributed by atoms with Gasteiger partial charge in [0.25, 0.3) is 5.91 Å². The van der Waals surface area contributed by atoms with Crippen molar-refractivity contribution >= 4 is 33.2 Å². The number of hydrogen-bond donors (Lipinski definition) is 1. The van der Waals surface area contributed by atoms with Crippen LogP contribution in [-0.4, -0.2) is 48.8 Å². The highest BCUT2D eigenvalue weighted by Gasteiger charge is 2.32. The third-order valence-corrected chi connectivity index (χ3v) is 8.42. The minimum atomic E-state index is -3.15. The quantitative estimate of drug-likeness (QED) is 0.395. The van der Waals surface area contributed by atoms with Gasteiger partial charge in [0.05, 0.1) is 29.8 Å². The highest BCUT2D eigenvalue weighted by Crippen LogP contribution is 2.31. The van der Waals surface area contributed by atoms with E-state index < -0.39 is 9.84 Å². The number of sulfone groups is 1. The monoisotopic (exact) mass is 545 g/mol. The number of halogens is 1. The molecule has 10 heteroatoms. The van der Waals surface area contributed by atoms with Gasteiger partial charge in [-0.15, -0.1) is 0 Å². The Labute approximate surface area is 222 Å². The molecule has 1 N–H and O–H groups in total. The average Bonchev–Trinajstić information content (AvgIpc) is 3.42. The van der Waals surface area contributed by atoms with E-state index in [1.807, 2.05) is 38.1 Å². The SMILES string of the molecule is Cc1cc(OCC(=O)Nc2cc(-c3ccc(OCC(C)C)cc3)nn2[C@H]2CCS(=O)(=O)C2)cc(C)c1Cl. The molecule has 0 aliphatic carbocycles. The summed E-state index contributed by atoms with van der Waals surface area (Å²) in [6.45, 7) is 8.33. The van der Waals surface area contributed by atoms with Gasteiger partial charge in [-0.25, -0.2) is 13.1 Å². The Bertz CT molecular complexity index is 1360. The first-order valence-electron chi connectivity index (χ1n) is 12.2. The van der Waals surface area contributed by atoms with Crippen molar-refractivity contribution in [3.8, 4) is 22.8 Å². The molecule has 2 heterocycles. The van der Waals surface area contributed by atoms with Crippen LogP contribution >= 0.6 is 11.6 Å². The molecule has 0 saturated carbocycles. The number of amides is 1. The first kappa shape index (κ1) is 27.0. The van der Waals surface area contributed by atoms with Gasteiger partial charge in [0.2, 0.25) is 0 Å². The molecule has 0 bridgehead atoms. The predicted molar refractivity (Wildman–Crippen MR) is 145 cm³/mol. The van der Waals surface area contributed by atoms with Gasteiger partial charge in [-0.3, -0.25) is 4.79 Å². The summed E-state index contributed by atoms with van der Waals surface area (Å²) in [5.41, 5.74) is 3.18. The molecule has 198 valence electrons. The Morgan fingerprint density at radius 2 is 1.78 bits per heavy atom. The van der Waals surface area contributed by atoms with Crippen molar-refractivity contribution in [1.29, 1.82) is 0 Å². The van der Waals surface area contributed by atoms with E-state index >= 15 is 0 Å². The van der Waals surface area contributed by atoms with Crippen molar-refractivity contribution in [3.63, 3.8) is 0 Å². The lowest BCUT2D eigenvalue weighted by molar-refractivity contribution is -0.118. The summed E-state index contributed by atoms with van der Waals surface area (Å²) < 4.78 is 37.3. The van der Waals surface area contributed by atoms with Crippen molar-refractivity contribution in [2.24, 2.45) is 5.92 Å². The molecule has 1 aliphatic rings. The van der Waals surface area contributed by atoms with Crippen LogP contribution in [-0.2, 0) is 14.6 Å². The molecule has 1 aromatic heterocycles. The van der Waals surface area contributed by atoms with Crippen LogP contribution in [0.1, 0.15) is 37.4 Å². The maximum atomic E-state index is 12.8. The van der Waals surface area contributed by atoms with Gasteiger partial charge in [-0.05, 0) is 73.7 Å². The first-order valence-corrected chi connectivity index (χ1v) is 14.4. The van der Waals surface area contributed by atoms with Crippen LogP contribution in [0.3, 0.4) is 0 Å². The number of nitrogens with one attached hydrogen (secondary N) is 1. The lowest BCUT2D eigenvalue weighted by Gasteiger charge is -2.14. The molecule has 1 fully saturated rings. The summed E-state index contributed by atoms with van der Waals surface area (Å²) in [6.07, 6.45) is 0.439. The normalized spacial score (nSPS) is 16.6. The molecule has 2 aromatic carbocycles. The molecule has 8 nitrogen and oxygen atoms in total. The number of nitrogens with zero attached hydrogens (tertiary/aromatic N) is 2. The second kappa shape index (κ2) is 11.1. The fraction of sp³-hybridized carbons (Fsp3) is 0.407. The molecule has 1 atom stereocenters. The van der Waals surface area contributed by atoms with Gasteiger partial charge in [-0.2, -0.15) is 5.10 Å². The molecular formula is C27H32ClN3O5S. The Morgan fingerprint density at radius 1 is 1.11 bits per heavy atom. The molecule has 4 rings (SSSR count). The standard InChI is InChI=1S/C27H32ClN3O5S/c1-17(2)14-35-22-7-5-20(6-8-22)24-13-25(31(30-24)21-9-10-37(33,34)16-21)29-26(32)15-36-23-11-18(3)27(28)19(4)12-23/h5-8,11-13,17,21H,9-10,14-16H2,1-4H3,(H,29,32)/t21-/m0/s1. The van der Waals surface area contributed by atoms with Crippen LogP contribution in [0.15, 0.2) is 42.5 Å². The van der Waals surface area contributed by atoms with Crippen LogP contribution in [0.5, 0.6) is 11.5 Å². The number of ether oxygens (including phenoxy) is 2.